The SMILES string of the molecule is N#Cc1ccccc1C(O)CC(F)(F)C(F)(F)C(F)(F)C(F)(F)F. The zero-order valence-corrected chi connectivity index (χ0v) is 11.4. The van der Waals surface area contributed by atoms with Crippen LogP contribution in [0.1, 0.15) is 23.7 Å². The first-order valence-electron chi connectivity index (χ1n) is 6.06. The molecular formula is C13H8F9NO. The van der Waals surface area contributed by atoms with Crippen molar-refractivity contribution in [1.82, 2.24) is 0 Å². The number of aliphatic hydroxyl groups is 1. The van der Waals surface area contributed by atoms with E-state index < -0.39 is 47.6 Å². The van der Waals surface area contributed by atoms with E-state index in [0.29, 0.717) is 0 Å². The lowest BCUT2D eigenvalue weighted by molar-refractivity contribution is -0.398. The molecule has 0 aromatic heterocycles. The van der Waals surface area contributed by atoms with Gasteiger partial charge in [-0.1, -0.05) is 18.2 Å². The number of halogens is 9. The topological polar surface area (TPSA) is 44.0 Å². The predicted molar refractivity (Wildman–Crippen MR) is 61.6 cm³/mol. The monoisotopic (exact) mass is 365 g/mol. The number of nitrogens with zero attached hydrogens (tertiary/aromatic N) is 1. The first-order chi connectivity index (χ1) is 10.7. The molecule has 0 radical (unpaired) electrons. The van der Waals surface area contributed by atoms with Crippen LogP contribution in [0.2, 0.25) is 0 Å². The van der Waals surface area contributed by atoms with Gasteiger partial charge >= 0.3 is 23.9 Å². The van der Waals surface area contributed by atoms with Gasteiger partial charge in [0, 0.05) is 6.42 Å². The average Bonchev–Trinajstić information content (AvgIpc) is 2.45. The summed E-state index contributed by atoms with van der Waals surface area (Å²) >= 11 is 0. The van der Waals surface area contributed by atoms with Crippen LogP contribution in [0.3, 0.4) is 0 Å². The Labute approximate surface area is 129 Å². The number of rotatable bonds is 5. The van der Waals surface area contributed by atoms with Crippen molar-refractivity contribution in [2.24, 2.45) is 0 Å². The van der Waals surface area contributed by atoms with Gasteiger partial charge in [-0.2, -0.15) is 44.8 Å². The summed E-state index contributed by atoms with van der Waals surface area (Å²) in [5, 5.41) is 18.2. The van der Waals surface area contributed by atoms with Gasteiger partial charge in [0.05, 0.1) is 17.7 Å². The van der Waals surface area contributed by atoms with Crippen molar-refractivity contribution in [1.29, 1.82) is 5.26 Å². The lowest BCUT2D eigenvalue weighted by atomic mass is 9.93. The maximum absolute atomic E-state index is 13.4. The van der Waals surface area contributed by atoms with E-state index in [-0.39, 0.29) is 0 Å². The second-order valence-electron chi connectivity index (χ2n) is 4.77. The molecule has 11 heteroatoms. The van der Waals surface area contributed by atoms with Crippen LogP contribution in [0.5, 0.6) is 0 Å². The highest BCUT2D eigenvalue weighted by molar-refractivity contribution is 5.38. The molecule has 0 aliphatic heterocycles. The molecule has 1 aromatic rings. The molecule has 24 heavy (non-hydrogen) atoms. The zero-order chi connectivity index (χ0) is 19.0. The van der Waals surface area contributed by atoms with E-state index in [1.54, 1.807) is 0 Å². The van der Waals surface area contributed by atoms with E-state index in [0.717, 1.165) is 18.2 Å². The van der Waals surface area contributed by atoms with Gasteiger partial charge in [-0.05, 0) is 11.6 Å². The molecule has 0 amide bonds. The molecule has 1 atom stereocenters. The Morgan fingerprint density at radius 2 is 1.42 bits per heavy atom. The van der Waals surface area contributed by atoms with E-state index in [1.165, 1.54) is 12.1 Å². The number of hydrogen-bond donors (Lipinski definition) is 1. The Morgan fingerprint density at radius 3 is 1.88 bits per heavy atom. The molecule has 0 saturated heterocycles. The first-order valence-corrected chi connectivity index (χ1v) is 6.06. The highest BCUT2D eigenvalue weighted by Gasteiger charge is 2.81. The van der Waals surface area contributed by atoms with E-state index in [1.807, 2.05) is 0 Å². The van der Waals surface area contributed by atoms with E-state index >= 15 is 0 Å². The maximum Gasteiger partial charge on any atom is 0.460 e. The van der Waals surface area contributed by atoms with E-state index in [9.17, 15) is 44.6 Å². The maximum atomic E-state index is 13.4. The van der Waals surface area contributed by atoms with Crippen molar-refractivity contribution in [2.45, 2.75) is 36.5 Å². The van der Waals surface area contributed by atoms with Crippen molar-refractivity contribution in [3.05, 3.63) is 35.4 Å². The third-order valence-electron chi connectivity index (χ3n) is 3.10. The first kappa shape index (κ1) is 20.1. The molecule has 0 bridgehead atoms. The largest absolute Gasteiger partial charge is 0.460 e. The number of nitriles is 1. The smallest absolute Gasteiger partial charge is 0.388 e. The molecule has 0 fully saturated rings. The van der Waals surface area contributed by atoms with Crippen molar-refractivity contribution >= 4 is 0 Å². The number of benzene rings is 1. The molecule has 0 spiro atoms. The Kier molecular flexibility index (Phi) is 5.15. The number of aliphatic hydroxyl groups excluding tert-OH is 1. The minimum atomic E-state index is -7.02. The van der Waals surface area contributed by atoms with Gasteiger partial charge in [0.25, 0.3) is 0 Å². The van der Waals surface area contributed by atoms with Crippen LogP contribution in [0.4, 0.5) is 39.5 Å². The van der Waals surface area contributed by atoms with Gasteiger partial charge in [0.2, 0.25) is 0 Å². The van der Waals surface area contributed by atoms with E-state index in [2.05, 4.69) is 0 Å². The van der Waals surface area contributed by atoms with Crippen molar-refractivity contribution in [2.75, 3.05) is 0 Å². The number of alkyl halides is 9. The molecule has 0 aliphatic carbocycles. The van der Waals surface area contributed by atoms with Gasteiger partial charge < -0.3 is 5.11 Å². The highest BCUT2D eigenvalue weighted by atomic mass is 19.4. The third-order valence-corrected chi connectivity index (χ3v) is 3.10. The number of hydrogen-bond acceptors (Lipinski definition) is 2. The lowest BCUT2D eigenvalue weighted by Gasteiger charge is -2.34. The zero-order valence-electron chi connectivity index (χ0n) is 11.4. The molecule has 1 aromatic carbocycles. The highest BCUT2D eigenvalue weighted by Crippen LogP contribution is 2.55. The van der Waals surface area contributed by atoms with Crippen LogP contribution in [0.15, 0.2) is 24.3 Å². The summed E-state index contributed by atoms with van der Waals surface area (Å²) in [6.45, 7) is 0. The molecule has 134 valence electrons. The summed E-state index contributed by atoms with van der Waals surface area (Å²) in [6.07, 6.45) is -11.9. The van der Waals surface area contributed by atoms with Crippen LogP contribution >= 0.6 is 0 Å². The fraction of sp³-hybridized carbons (Fsp3) is 0.462. The Morgan fingerprint density at radius 1 is 0.917 bits per heavy atom. The van der Waals surface area contributed by atoms with Crippen LogP contribution in [-0.2, 0) is 0 Å². The second-order valence-corrected chi connectivity index (χ2v) is 4.77. The summed E-state index contributed by atoms with van der Waals surface area (Å²) in [5.41, 5.74) is -1.03. The van der Waals surface area contributed by atoms with Gasteiger partial charge in [-0.3, -0.25) is 0 Å². The van der Waals surface area contributed by atoms with Crippen molar-refractivity contribution < 1.29 is 44.6 Å². The van der Waals surface area contributed by atoms with Crippen LogP contribution < -0.4 is 0 Å². The molecule has 1 unspecified atom stereocenters. The fourth-order valence-corrected chi connectivity index (χ4v) is 1.78. The Bertz CT molecular complexity index is 633. The Balaban J connectivity index is 3.19. The summed E-state index contributed by atoms with van der Waals surface area (Å²) in [5.74, 6) is -19.7. The standard InChI is InChI=1S/C13H8F9NO/c14-10(15,11(16,17)12(18,19)13(20,21)22)5-9(24)8-4-2-1-3-7(8)6-23/h1-4,9,24H,5H2. The van der Waals surface area contributed by atoms with E-state index in [4.69, 9.17) is 5.26 Å². The normalized spacial score (nSPS) is 15.0. The summed E-state index contributed by atoms with van der Waals surface area (Å²) in [7, 11) is 0. The Hall–Kier alpha value is -1.96. The fourth-order valence-electron chi connectivity index (χ4n) is 1.78. The molecule has 0 heterocycles. The second kappa shape index (κ2) is 6.16. The summed E-state index contributed by atoms with van der Waals surface area (Å²) in [4.78, 5) is 0. The molecule has 0 aliphatic rings. The molecule has 0 saturated carbocycles. The predicted octanol–water partition coefficient (Wildman–Crippen LogP) is 4.45. The van der Waals surface area contributed by atoms with Crippen molar-refractivity contribution in [3.63, 3.8) is 0 Å². The van der Waals surface area contributed by atoms with Crippen LogP contribution in [0, 0.1) is 11.3 Å². The molecule has 1 rings (SSSR count). The third kappa shape index (κ3) is 3.28. The van der Waals surface area contributed by atoms with Gasteiger partial charge in [-0.25, -0.2) is 0 Å². The van der Waals surface area contributed by atoms with Gasteiger partial charge in [0.15, 0.2) is 0 Å². The quantitative estimate of drug-likeness (QED) is 0.784. The summed E-state index contributed by atoms with van der Waals surface area (Å²) < 4.78 is 114. The average molecular weight is 365 g/mol. The van der Waals surface area contributed by atoms with Crippen LogP contribution in [0.25, 0.3) is 0 Å². The minimum Gasteiger partial charge on any atom is -0.388 e. The molecule has 2 nitrogen and oxygen atoms in total. The van der Waals surface area contributed by atoms with Gasteiger partial charge in [0.1, 0.15) is 0 Å². The lowest BCUT2D eigenvalue weighted by Crippen LogP contribution is -2.61. The molecular weight excluding hydrogens is 357 g/mol. The van der Waals surface area contributed by atoms with Gasteiger partial charge in [-0.15, -0.1) is 0 Å². The van der Waals surface area contributed by atoms with Crippen molar-refractivity contribution in [3.8, 4) is 6.07 Å². The van der Waals surface area contributed by atoms with Crippen LogP contribution in [-0.4, -0.2) is 29.1 Å². The molecule has 1 N–H and O–H groups in total. The summed E-state index contributed by atoms with van der Waals surface area (Å²) in [6, 6.07) is 5.68. The minimum absolute atomic E-state index is 0.424.